The Morgan fingerprint density at radius 1 is 1.07 bits per heavy atom. The molecule has 0 radical (unpaired) electrons. The smallest absolute Gasteiger partial charge is 0.338 e. The van der Waals surface area contributed by atoms with Gasteiger partial charge in [0, 0.05) is 24.8 Å². The highest BCUT2D eigenvalue weighted by Gasteiger charge is 2.15. The quantitative estimate of drug-likeness (QED) is 0.815. The highest BCUT2D eigenvalue weighted by atomic mass is 16.5. The summed E-state index contributed by atoms with van der Waals surface area (Å²) >= 11 is 0. The zero-order chi connectivity index (χ0) is 19.1. The lowest BCUT2D eigenvalue weighted by atomic mass is 10.2. The maximum Gasteiger partial charge on any atom is 0.338 e. The normalized spacial score (nSPS) is 14.3. The van der Waals surface area contributed by atoms with E-state index in [-0.39, 0.29) is 11.9 Å². The molecule has 0 atom stereocenters. The maximum atomic E-state index is 12.5. The van der Waals surface area contributed by atoms with Crippen molar-refractivity contribution in [3.8, 4) is 0 Å². The Hall–Kier alpha value is -2.96. The van der Waals surface area contributed by atoms with Crippen LogP contribution in [0.1, 0.15) is 53.5 Å². The molecule has 0 spiro atoms. The van der Waals surface area contributed by atoms with E-state index in [9.17, 15) is 9.59 Å². The average Bonchev–Trinajstić information content (AvgIpc) is 2.98. The number of esters is 1. The van der Waals surface area contributed by atoms with Crippen LogP contribution in [0.25, 0.3) is 0 Å². The van der Waals surface area contributed by atoms with Crippen molar-refractivity contribution in [3.63, 3.8) is 0 Å². The van der Waals surface area contributed by atoms with Crippen LogP contribution in [0, 0.1) is 0 Å². The van der Waals surface area contributed by atoms with Gasteiger partial charge in [0.1, 0.15) is 17.8 Å². The van der Waals surface area contributed by atoms with Crippen LogP contribution in [0.3, 0.4) is 0 Å². The second-order valence-electron chi connectivity index (χ2n) is 6.41. The van der Waals surface area contributed by atoms with Crippen molar-refractivity contribution >= 4 is 23.4 Å². The van der Waals surface area contributed by atoms with Crippen molar-refractivity contribution in [2.24, 2.45) is 0 Å². The minimum atomic E-state index is -0.381. The molecule has 0 unspecified atom stereocenters. The minimum Gasteiger partial charge on any atom is -0.462 e. The van der Waals surface area contributed by atoms with Crippen molar-refractivity contribution in [2.45, 2.75) is 32.6 Å². The first kappa shape index (κ1) is 18.8. The predicted molar refractivity (Wildman–Crippen MR) is 103 cm³/mol. The summed E-state index contributed by atoms with van der Waals surface area (Å²) in [7, 11) is 0. The Balaban J connectivity index is 1.67. The molecule has 1 aliphatic heterocycles. The third-order valence-electron chi connectivity index (χ3n) is 4.47. The molecule has 1 aromatic carbocycles. The van der Waals surface area contributed by atoms with E-state index in [4.69, 9.17) is 4.74 Å². The van der Waals surface area contributed by atoms with Gasteiger partial charge in [-0.3, -0.25) is 4.79 Å². The molecule has 0 saturated carbocycles. The van der Waals surface area contributed by atoms with Gasteiger partial charge in [0.25, 0.3) is 5.91 Å². The molecule has 7 nitrogen and oxygen atoms in total. The summed E-state index contributed by atoms with van der Waals surface area (Å²) < 4.78 is 4.95. The number of nitrogens with zero attached hydrogens (tertiary/aromatic N) is 3. The molecule has 142 valence electrons. The molecule has 3 rings (SSSR count). The van der Waals surface area contributed by atoms with Gasteiger partial charge in [-0.15, -0.1) is 0 Å². The molecule has 27 heavy (non-hydrogen) atoms. The van der Waals surface area contributed by atoms with Gasteiger partial charge < -0.3 is 15.0 Å². The number of hydrogen-bond donors (Lipinski definition) is 1. The molecule has 2 aromatic rings. The minimum absolute atomic E-state index is 0.308. The fraction of sp³-hybridized carbons (Fsp3) is 0.400. The van der Waals surface area contributed by atoms with Crippen LogP contribution in [0.5, 0.6) is 0 Å². The van der Waals surface area contributed by atoms with Crippen molar-refractivity contribution in [3.05, 3.63) is 47.9 Å². The summed E-state index contributed by atoms with van der Waals surface area (Å²) in [6.07, 6.45) is 6.17. The number of carbonyl (C=O) groups excluding carboxylic acids is 2. The number of amides is 1. The standard InChI is InChI=1S/C20H24N4O3/c1-2-27-20(26)15-7-9-16(10-8-15)23-19(25)17-13-18(22-14-21-17)24-11-5-3-4-6-12-24/h7-10,13-14H,2-6,11-12H2,1H3,(H,23,25). The first-order chi connectivity index (χ1) is 13.2. The van der Waals surface area contributed by atoms with Crippen molar-refractivity contribution in [2.75, 3.05) is 29.9 Å². The molecule has 0 bridgehead atoms. The zero-order valence-electron chi connectivity index (χ0n) is 15.5. The third kappa shape index (κ3) is 5.03. The van der Waals surface area contributed by atoms with Gasteiger partial charge in [-0.2, -0.15) is 0 Å². The molecule has 1 saturated heterocycles. The van der Waals surface area contributed by atoms with Gasteiger partial charge in [0.15, 0.2) is 0 Å². The number of hydrogen-bond acceptors (Lipinski definition) is 6. The first-order valence-corrected chi connectivity index (χ1v) is 9.33. The summed E-state index contributed by atoms with van der Waals surface area (Å²) in [6, 6.07) is 8.31. The monoisotopic (exact) mass is 368 g/mol. The van der Waals surface area contributed by atoms with Crippen molar-refractivity contribution < 1.29 is 14.3 Å². The predicted octanol–water partition coefficient (Wildman–Crippen LogP) is 3.29. The van der Waals surface area contributed by atoms with Gasteiger partial charge in [-0.1, -0.05) is 12.8 Å². The lowest BCUT2D eigenvalue weighted by molar-refractivity contribution is 0.0526. The molecule has 2 heterocycles. The van der Waals surface area contributed by atoms with Gasteiger partial charge in [0.2, 0.25) is 0 Å². The molecular formula is C20H24N4O3. The van der Waals surface area contributed by atoms with Crippen LogP contribution in [0.2, 0.25) is 0 Å². The number of aromatic nitrogens is 2. The topological polar surface area (TPSA) is 84.4 Å². The van der Waals surface area contributed by atoms with Crippen LogP contribution in [0.15, 0.2) is 36.7 Å². The van der Waals surface area contributed by atoms with Crippen molar-refractivity contribution in [1.82, 2.24) is 9.97 Å². The van der Waals surface area contributed by atoms with E-state index in [0.717, 1.165) is 31.7 Å². The molecule has 1 aliphatic rings. The Morgan fingerprint density at radius 2 is 1.78 bits per heavy atom. The fourth-order valence-corrected chi connectivity index (χ4v) is 3.04. The molecule has 7 heteroatoms. The van der Waals surface area contributed by atoms with Gasteiger partial charge in [0.05, 0.1) is 12.2 Å². The van der Waals surface area contributed by atoms with Crippen LogP contribution in [-0.2, 0) is 4.74 Å². The summed E-state index contributed by atoms with van der Waals surface area (Å²) in [5.74, 6) is 0.0975. The number of rotatable bonds is 5. The highest BCUT2D eigenvalue weighted by Crippen LogP contribution is 2.18. The number of carbonyl (C=O) groups is 2. The molecular weight excluding hydrogens is 344 g/mol. The SMILES string of the molecule is CCOC(=O)c1ccc(NC(=O)c2cc(N3CCCCCC3)ncn2)cc1. The number of ether oxygens (including phenoxy) is 1. The van der Waals surface area contributed by atoms with E-state index in [1.54, 1.807) is 37.3 Å². The lowest BCUT2D eigenvalue weighted by Gasteiger charge is -2.21. The second-order valence-corrected chi connectivity index (χ2v) is 6.41. The second kappa shape index (κ2) is 9.12. The van der Waals surface area contributed by atoms with Crippen LogP contribution >= 0.6 is 0 Å². The van der Waals surface area contributed by atoms with Crippen LogP contribution in [-0.4, -0.2) is 41.5 Å². The summed E-state index contributed by atoms with van der Waals surface area (Å²) in [6.45, 7) is 3.99. The van der Waals surface area contributed by atoms with Crippen molar-refractivity contribution in [1.29, 1.82) is 0 Å². The van der Waals surface area contributed by atoms with Crippen LogP contribution in [0.4, 0.5) is 11.5 Å². The average molecular weight is 368 g/mol. The summed E-state index contributed by atoms with van der Waals surface area (Å²) in [5, 5.41) is 2.80. The van der Waals surface area contributed by atoms with E-state index in [1.165, 1.54) is 19.2 Å². The lowest BCUT2D eigenvalue weighted by Crippen LogP contribution is -2.25. The summed E-state index contributed by atoms with van der Waals surface area (Å²) in [4.78, 5) is 34.8. The Morgan fingerprint density at radius 3 is 2.44 bits per heavy atom. The highest BCUT2D eigenvalue weighted by molar-refractivity contribution is 6.03. The van der Waals surface area contributed by atoms with E-state index in [2.05, 4.69) is 20.2 Å². The van der Waals surface area contributed by atoms with E-state index >= 15 is 0 Å². The van der Waals surface area contributed by atoms with Crippen LogP contribution < -0.4 is 10.2 Å². The number of anilines is 2. The third-order valence-corrected chi connectivity index (χ3v) is 4.47. The van der Waals surface area contributed by atoms with E-state index < -0.39 is 0 Å². The van der Waals surface area contributed by atoms with Gasteiger partial charge in [-0.25, -0.2) is 14.8 Å². The number of benzene rings is 1. The summed E-state index contributed by atoms with van der Waals surface area (Å²) in [5.41, 5.74) is 1.35. The zero-order valence-corrected chi connectivity index (χ0v) is 15.5. The van der Waals surface area contributed by atoms with E-state index in [0.29, 0.717) is 23.6 Å². The largest absolute Gasteiger partial charge is 0.462 e. The maximum absolute atomic E-state index is 12.5. The van der Waals surface area contributed by atoms with E-state index in [1.807, 2.05) is 0 Å². The molecule has 0 aliphatic carbocycles. The molecule has 1 fully saturated rings. The Labute approximate surface area is 158 Å². The molecule has 1 N–H and O–H groups in total. The fourth-order valence-electron chi connectivity index (χ4n) is 3.04. The van der Waals surface area contributed by atoms with Gasteiger partial charge in [-0.05, 0) is 44.0 Å². The molecule has 1 amide bonds. The molecule has 1 aromatic heterocycles. The number of nitrogens with one attached hydrogen (secondary N) is 1. The Bertz CT molecular complexity index is 784. The Kier molecular flexibility index (Phi) is 6.35. The first-order valence-electron chi connectivity index (χ1n) is 9.33. The van der Waals surface area contributed by atoms with Gasteiger partial charge >= 0.3 is 5.97 Å².